The lowest BCUT2D eigenvalue weighted by atomic mass is 10.2. The van der Waals surface area contributed by atoms with E-state index in [0.29, 0.717) is 24.5 Å². The number of imidazole rings is 1. The van der Waals surface area contributed by atoms with E-state index in [0.717, 1.165) is 5.52 Å². The van der Waals surface area contributed by atoms with Crippen LogP contribution in [0.3, 0.4) is 0 Å². The van der Waals surface area contributed by atoms with Crippen LogP contribution in [-0.4, -0.2) is 23.3 Å². The summed E-state index contributed by atoms with van der Waals surface area (Å²) in [4.78, 5) is 4.42. The second-order valence-corrected chi connectivity index (χ2v) is 6.07. The number of methoxy groups -OCH3 is 1. The topological polar surface area (TPSA) is 27.1 Å². The summed E-state index contributed by atoms with van der Waals surface area (Å²) in [6.07, 6.45) is 0. The van der Waals surface area contributed by atoms with Gasteiger partial charge in [-0.05, 0) is 18.9 Å². The van der Waals surface area contributed by atoms with Crippen LogP contribution in [0.15, 0.2) is 12.1 Å². The van der Waals surface area contributed by atoms with E-state index in [1.165, 1.54) is 6.07 Å². The van der Waals surface area contributed by atoms with Crippen molar-refractivity contribution < 1.29 is 9.13 Å². The summed E-state index contributed by atoms with van der Waals surface area (Å²) in [5.41, 5.74) is 1.36. The molecule has 20 heavy (non-hydrogen) atoms. The van der Waals surface area contributed by atoms with Crippen molar-refractivity contribution in [2.24, 2.45) is 5.92 Å². The SMILES string of the molecule is COCC(C)Cn1c(C(C)Cl)nc2cc(F)c(Cl)cc21. The van der Waals surface area contributed by atoms with Gasteiger partial charge in [0.1, 0.15) is 11.6 Å². The lowest BCUT2D eigenvalue weighted by Gasteiger charge is -2.15. The van der Waals surface area contributed by atoms with Gasteiger partial charge in [0.25, 0.3) is 0 Å². The molecule has 1 aromatic heterocycles. The highest BCUT2D eigenvalue weighted by molar-refractivity contribution is 6.31. The first-order valence-corrected chi connectivity index (χ1v) is 7.23. The van der Waals surface area contributed by atoms with Crippen LogP contribution < -0.4 is 0 Å². The molecule has 0 aliphatic rings. The molecule has 6 heteroatoms. The fourth-order valence-corrected chi connectivity index (χ4v) is 2.61. The molecule has 0 saturated carbocycles. The molecular weight excluding hydrogens is 302 g/mol. The summed E-state index contributed by atoms with van der Waals surface area (Å²) >= 11 is 12.1. The number of hydrogen-bond donors (Lipinski definition) is 0. The molecular formula is C14H17Cl2FN2O. The van der Waals surface area contributed by atoms with Gasteiger partial charge in [-0.2, -0.15) is 0 Å². The number of nitrogens with zero attached hydrogens (tertiary/aromatic N) is 2. The third kappa shape index (κ3) is 3.08. The standard InChI is InChI=1S/C14H17Cl2FN2O/c1-8(7-20-3)6-19-13-4-10(16)11(17)5-12(13)18-14(19)9(2)15/h4-5,8-9H,6-7H2,1-3H3. The van der Waals surface area contributed by atoms with Crippen LogP contribution in [-0.2, 0) is 11.3 Å². The zero-order valence-electron chi connectivity index (χ0n) is 11.7. The number of halogens is 3. The Balaban J connectivity index is 2.53. The number of ether oxygens (including phenoxy) is 1. The summed E-state index contributed by atoms with van der Waals surface area (Å²) in [6, 6.07) is 2.94. The van der Waals surface area contributed by atoms with Gasteiger partial charge in [0.15, 0.2) is 0 Å². The van der Waals surface area contributed by atoms with Crippen molar-refractivity contribution in [1.82, 2.24) is 9.55 Å². The van der Waals surface area contributed by atoms with E-state index in [2.05, 4.69) is 11.9 Å². The Kier molecular flexibility index (Phi) is 4.89. The molecule has 2 unspecified atom stereocenters. The largest absolute Gasteiger partial charge is 0.384 e. The molecule has 2 aromatic rings. The van der Waals surface area contributed by atoms with Crippen molar-refractivity contribution in [3.63, 3.8) is 0 Å². The van der Waals surface area contributed by atoms with Gasteiger partial charge >= 0.3 is 0 Å². The van der Waals surface area contributed by atoms with Crippen LogP contribution in [0, 0.1) is 11.7 Å². The summed E-state index contributed by atoms with van der Waals surface area (Å²) in [5.74, 6) is 0.532. The van der Waals surface area contributed by atoms with Crippen LogP contribution in [0.25, 0.3) is 11.0 Å². The quantitative estimate of drug-likeness (QED) is 0.763. The summed E-state index contributed by atoms with van der Waals surface area (Å²) in [6.45, 7) is 5.24. The monoisotopic (exact) mass is 318 g/mol. The van der Waals surface area contributed by atoms with Gasteiger partial charge in [0, 0.05) is 19.7 Å². The average Bonchev–Trinajstić information content (AvgIpc) is 2.69. The first kappa shape index (κ1) is 15.5. The molecule has 0 amide bonds. The first-order valence-electron chi connectivity index (χ1n) is 6.42. The van der Waals surface area contributed by atoms with Crippen molar-refractivity contribution in [3.05, 3.63) is 28.8 Å². The summed E-state index contributed by atoms with van der Waals surface area (Å²) in [7, 11) is 1.67. The van der Waals surface area contributed by atoms with Gasteiger partial charge in [0.05, 0.1) is 28.0 Å². The van der Waals surface area contributed by atoms with Crippen LogP contribution in [0.4, 0.5) is 4.39 Å². The number of hydrogen-bond acceptors (Lipinski definition) is 2. The summed E-state index contributed by atoms with van der Waals surface area (Å²) in [5, 5.41) is -0.175. The fraction of sp³-hybridized carbons (Fsp3) is 0.500. The molecule has 0 aliphatic carbocycles. The molecule has 0 bridgehead atoms. The van der Waals surface area contributed by atoms with Crippen LogP contribution in [0.1, 0.15) is 25.0 Å². The molecule has 1 heterocycles. The minimum atomic E-state index is -0.470. The van der Waals surface area contributed by atoms with Crippen molar-refractivity contribution in [2.75, 3.05) is 13.7 Å². The van der Waals surface area contributed by atoms with E-state index in [9.17, 15) is 4.39 Å². The van der Waals surface area contributed by atoms with Gasteiger partial charge in [0.2, 0.25) is 0 Å². The maximum Gasteiger partial charge on any atom is 0.144 e. The van der Waals surface area contributed by atoms with Gasteiger partial charge in [-0.25, -0.2) is 9.37 Å². The highest BCUT2D eigenvalue weighted by atomic mass is 35.5. The lowest BCUT2D eigenvalue weighted by molar-refractivity contribution is 0.151. The number of rotatable bonds is 5. The number of benzene rings is 1. The van der Waals surface area contributed by atoms with Gasteiger partial charge in [-0.15, -0.1) is 11.6 Å². The average molecular weight is 319 g/mol. The number of fused-ring (bicyclic) bond motifs is 1. The molecule has 2 rings (SSSR count). The summed E-state index contributed by atoms with van der Waals surface area (Å²) < 4.78 is 20.7. The van der Waals surface area contributed by atoms with Gasteiger partial charge in [-0.1, -0.05) is 18.5 Å². The Morgan fingerprint density at radius 2 is 2.10 bits per heavy atom. The van der Waals surface area contributed by atoms with E-state index >= 15 is 0 Å². The Morgan fingerprint density at radius 3 is 2.70 bits per heavy atom. The van der Waals surface area contributed by atoms with E-state index in [1.807, 2.05) is 11.5 Å². The van der Waals surface area contributed by atoms with Crippen molar-refractivity contribution in [1.29, 1.82) is 0 Å². The highest BCUT2D eigenvalue weighted by Crippen LogP contribution is 2.29. The minimum Gasteiger partial charge on any atom is -0.384 e. The molecule has 0 aliphatic heterocycles. The van der Waals surface area contributed by atoms with E-state index in [4.69, 9.17) is 27.9 Å². The molecule has 1 aromatic carbocycles. The minimum absolute atomic E-state index is 0.0896. The predicted octanol–water partition coefficient (Wildman–Crippen LogP) is 4.41. The zero-order valence-corrected chi connectivity index (χ0v) is 13.2. The van der Waals surface area contributed by atoms with Crippen LogP contribution in [0.2, 0.25) is 5.02 Å². The lowest BCUT2D eigenvalue weighted by Crippen LogP contribution is -2.15. The van der Waals surface area contributed by atoms with E-state index in [1.54, 1.807) is 13.2 Å². The van der Waals surface area contributed by atoms with Crippen LogP contribution in [0.5, 0.6) is 0 Å². The highest BCUT2D eigenvalue weighted by Gasteiger charge is 2.18. The molecule has 0 spiro atoms. The van der Waals surface area contributed by atoms with Crippen molar-refractivity contribution >= 4 is 34.2 Å². The second kappa shape index (κ2) is 6.29. The Labute approximate surface area is 127 Å². The maximum absolute atomic E-state index is 13.5. The Hall–Kier alpha value is -0.840. The third-order valence-corrected chi connectivity index (χ3v) is 3.61. The fourth-order valence-electron chi connectivity index (χ4n) is 2.28. The predicted molar refractivity (Wildman–Crippen MR) is 80.0 cm³/mol. The Morgan fingerprint density at radius 1 is 1.40 bits per heavy atom. The molecule has 110 valence electrons. The normalized spacial score (nSPS) is 14.7. The van der Waals surface area contributed by atoms with Gasteiger partial charge in [-0.3, -0.25) is 0 Å². The first-order chi connectivity index (χ1) is 9.43. The van der Waals surface area contributed by atoms with E-state index < -0.39 is 5.82 Å². The molecule has 0 N–H and O–H groups in total. The molecule has 2 atom stereocenters. The van der Waals surface area contributed by atoms with Crippen molar-refractivity contribution in [3.8, 4) is 0 Å². The smallest absolute Gasteiger partial charge is 0.144 e. The second-order valence-electron chi connectivity index (χ2n) is 5.01. The Bertz CT molecular complexity index is 613. The maximum atomic E-state index is 13.5. The van der Waals surface area contributed by atoms with Crippen LogP contribution >= 0.6 is 23.2 Å². The van der Waals surface area contributed by atoms with Crippen molar-refractivity contribution in [2.45, 2.75) is 25.8 Å². The zero-order chi connectivity index (χ0) is 14.9. The molecule has 0 radical (unpaired) electrons. The van der Waals surface area contributed by atoms with E-state index in [-0.39, 0.29) is 16.3 Å². The van der Waals surface area contributed by atoms with Gasteiger partial charge < -0.3 is 9.30 Å². The number of alkyl halides is 1. The third-order valence-electron chi connectivity index (χ3n) is 3.12. The molecule has 3 nitrogen and oxygen atoms in total. The molecule has 0 saturated heterocycles. The molecule has 0 fully saturated rings. The number of aromatic nitrogens is 2.